The summed E-state index contributed by atoms with van der Waals surface area (Å²) in [4.78, 5) is 2.12. The lowest BCUT2D eigenvalue weighted by Crippen LogP contribution is -2.33. The van der Waals surface area contributed by atoms with Gasteiger partial charge in [-0.2, -0.15) is 0 Å². The van der Waals surface area contributed by atoms with Crippen molar-refractivity contribution in [3.8, 4) is 0 Å². The third-order valence-electron chi connectivity index (χ3n) is 2.84. The molecule has 0 saturated carbocycles. The summed E-state index contributed by atoms with van der Waals surface area (Å²) in [5, 5.41) is 27.9. The maximum absolute atomic E-state index is 10.1. The minimum atomic E-state index is -0.682. The summed E-state index contributed by atoms with van der Waals surface area (Å²) in [6.45, 7) is 1.18. The molecule has 0 aliphatic heterocycles. The van der Waals surface area contributed by atoms with Gasteiger partial charge in [-0.3, -0.25) is 4.90 Å². The highest BCUT2D eigenvalue weighted by atomic mass is 32.1. The van der Waals surface area contributed by atoms with E-state index in [2.05, 4.69) is 0 Å². The van der Waals surface area contributed by atoms with Crippen LogP contribution in [-0.4, -0.2) is 58.1 Å². The van der Waals surface area contributed by atoms with Crippen molar-refractivity contribution < 1.29 is 15.3 Å². The van der Waals surface area contributed by atoms with Crippen molar-refractivity contribution in [3.63, 3.8) is 0 Å². The Morgan fingerprint density at radius 1 is 1.16 bits per heavy atom. The molecule has 1 aromatic carbocycles. The van der Waals surface area contributed by atoms with E-state index in [-0.39, 0.29) is 13.2 Å². The number of nitrogens with zero attached hydrogens (tertiary/aromatic N) is 1. The highest BCUT2D eigenvalue weighted by molar-refractivity contribution is 7.80. The largest absolute Gasteiger partial charge is 0.395 e. The maximum Gasteiger partial charge on any atom is 0.103 e. The molecule has 1 rings (SSSR count). The van der Waals surface area contributed by atoms with Crippen molar-refractivity contribution >= 4 is 17.2 Å². The van der Waals surface area contributed by atoms with Gasteiger partial charge in [-0.05, 0) is 5.56 Å². The van der Waals surface area contributed by atoms with Gasteiger partial charge in [-0.25, -0.2) is 0 Å². The number of hydrogen-bond donors (Lipinski definition) is 4. The summed E-state index contributed by atoms with van der Waals surface area (Å²) >= 11 is 4.86. The first-order chi connectivity index (χ1) is 9.08. The number of aliphatic hydroxyl groups excluding tert-OH is 3. The standard InChI is InChI=1S/C13H20N2O3S/c14-13(19)11-3-1-10(2-4-11)12(18)9-15(5-7-16)6-8-17/h1-4,12,16-18H,5-9H2,(H2,14,19). The molecule has 0 amide bonds. The lowest BCUT2D eigenvalue weighted by Gasteiger charge is -2.23. The van der Waals surface area contributed by atoms with Gasteiger partial charge in [0.15, 0.2) is 0 Å². The quantitative estimate of drug-likeness (QED) is 0.488. The normalized spacial score (nSPS) is 12.6. The number of aliphatic hydroxyl groups is 3. The molecule has 0 aliphatic rings. The van der Waals surface area contributed by atoms with Crippen LogP contribution in [0.15, 0.2) is 24.3 Å². The van der Waals surface area contributed by atoms with Crippen LogP contribution in [0.2, 0.25) is 0 Å². The van der Waals surface area contributed by atoms with Gasteiger partial charge < -0.3 is 21.1 Å². The van der Waals surface area contributed by atoms with Crippen LogP contribution < -0.4 is 5.73 Å². The lowest BCUT2D eigenvalue weighted by molar-refractivity contribution is 0.0874. The molecule has 5 N–H and O–H groups in total. The van der Waals surface area contributed by atoms with Crippen molar-refractivity contribution in [3.05, 3.63) is 35.4 Å². The Balaban J connectivity index is 2.65. The second-order valence-electron chi connectivity index (χ2n) is 4.25. The van der Waals surface area contributed by atoms with Gasteiger partial charge in [0.2, 0.25) is 0 Å². The second-order valence-corrected chi connectivity index (χ2v) is 4.69. The molecular weight excluding hydrogens is 264 g/mol. The monoisotopic (exact) mass is 284 g/mol. The molecule has 5 nitrogen and oxygen atoms in total. The Labute approximate surface area is 118 Å². The van der Waals surface area contributed by atoms with E-state index in [0.717, 1.165) is 11.1 Å². The maximum atomic E-state index is 10.1. The predicted octanol–water partition coefficient (Wildman–Crippen LogP) is -0.359. The molecule has 0 spiro atoms. The highest BCUT2D eigenvalue weighted by Gasteiger charge is 2.13. The summed E-state index contributed by atoms with van der Waals surface area (Å²) in [6, 6.07) is 7.08. The first-order valence-electron chi connectivity index (χ1n) is 6.10. The van der Waals surface area contributed by atoms with Gasteiger partial charge in [0.1, 0.15) is 4.99 Å². The molecule has 0 heterocycles. The predicted molar refractivity (Wildman–Crippen MR) is 77.9 cm³/mol. The van der Waals surface area contributed by atoms with E-state index in [1.54, 1.807) is 29.2 Å². The molecule has 1 aromatic rings. The zero-order valence-corrected chi connectivity index (χ0v) is 11.5. The van der Waals surface area contributed by atoms with Crippen LogP contribution >= 0.6 is 12.2 Å². The minimum Gasteiger partial charge on any atom is -0.395 e. The molecule has 0 aliphatic carbocycles. The van der Waals surface area contributed by atoms with E-state index in [1.807, 2.05) is 0 Å². The molecule has 0 saturated heterocycles. The highest BCUT2D eigenvalue weighted by Crippen LogP contribution is 2.15. The third kappa shape index (κ3) is 5.22. The van der Waals surface area contributed by atoms with Crippen LogP contribution in [-0.2, 0) is 0 Å². The Bertz CT molecular complexity index is 391. The van der Waals surface area contributed by atoms with Crippen LogP contribution in [0.1, 0.15) is 17.2 Å². The molecule has 1 atom stereocenters. The van der Waals surface area contributed by atoms with Gasteiger partial charge in [-0.1, -0.05) is 36.5 Å². The molecule has 0 fully saturated rings. The molecule has 1 unspecified atom stereocenters. The molecular formula is C13H20N2O3S. The van der Waals surface area contributed by atoms with Gasteiger partial charge in [-0.15, -0.1) is 0 Å². The molecule has 0 radical (unpaired) electrons. The van der Waals surface area contributed by atoms with Gasteiger partial charge >= 0.3 is 0 Å². The number of thiocarbonyl (C=S) groups is 1. The molecule has 0 aromatic heterocycles. The van der Waals surface area contributed by atoms with Crippen molar-refractivity contribution in [1.82, 2.24) is 4.90 Å². The SMILES string of the molecule is NC(=S)c1ccc(C(O)CN(CCO)CCO)cc1. The lowest BCUT2D eigenvalue weighted by atomic mass is 10.1. The zero-order valence-electron chi connectivity index (χ0n) is 10.7. The first kappa shape index (κ1) is 16.0. The number of nitrogens with two attached hydrogens (primary N) is 1. The number of hydrogen-bond acceptors (Lipinski definition) is 5. The fourth-order valence-corrected chi connectivity index (χ4v) is 1.93. The second kappa shape index (κ2) is 8.19. The van der Waals surface area contributed by atoms with E-state index in [1.165, 1.54) is 0 Å². The average Bonchev–Trinajstić information content (AvgIpc) is 2.39. The van der Waals surface area contributed by atoms with E-state index in [9.17, 15) is 5.11 Å². The Morgan fingerprint density at radius 2 is 1.68 bits per heavy atom. The molecule has 106 valence electrons. The first-order valence-corrected chi connectivity index (χ1v) is 6.51. The Morgan fingerprint density at radius 3 is 2.11 bits per heavy atom. The minimum absolute atomic E-state index is 0.00684. The van der Waals surface area contributed by atoms with E-state index in [4.69, 9.17) is 28.2 Å². The Kier molecular flexibility index (Phi) is 6.90. The van der Waals surface area contributed by atoms with E-state index in [0.29, 0.717) is 24.6 Å². The zero-order chi connectivity index (χ0) is 14.3. The van der Waals surface area contributed by atoms with Crippen LogP contribution in [0.3, 0.4) is 0 Å². The summed E-state index contributed by atoms with van der Waals surface area (Å²) in [5.74, 6) is 0. The summed E-state index contributed by atoms with van der Waals surface area (Å²) in [7, 11) is 0. The number of rotatable bonds is 8. The topological polar surface area (TPSA) is 90.0 Å². The van der Waals surface area contributed by atoms with E-state index >= 15 is 0 Å². The van der Waals surface area contributed by atoms with Gasteiger partial charge in [0.05, 0.1) is 19.3 Å². The van der Waals surface area contributed by atoms with Crippen LogP contribution in [0.5, 0.6) is 0 Å². The Hall–Kier alpha value is -1.05. The van der Waals surface area contributed by atoms with Crippen LogP contribution in [0.4, 0.5) is 0 Å². The van der Waals surface area contributed by atoms with E-state index < -0.39 is 6.10 Å². The van der Waals surface area contributed by atoms with Crippen LogP contribution in [0.25, 0.3) is 0 Å². The average molecular weight is 284 g/mol. The number of benzene rings is 1. The fraction of sp³-hybridized carbons (Fsp3) is 0.462. The molecule has 6 heteroatoms. The van der Waals surface area contributed by atoms with Crippen molar-refractivity contribution in [2.24, 2.45) is 5.73 Å². The van der Waals surface area contributed by atoms with Crippen molar-refractivity contribution in [2.45, 2.75) is 6.10 Å². The molecule has 19 heavy (non-hydrogen) atoms. The van der Waals surface area contributed by atoms with Gasteiger partial charge in [0, 0.05) is 25.2 Å². The summed E-state index contributed by atoms with van der Waals surface area (Å²) < 4.78 is 0. The fourth-order valence-electron chi connectivity index (χ4n) is 1.80. The van der Waals surface area contributed by atoms with Crippen molar-refractivity contribution in [1.29, 1.82) is 0 Å². The third-order valence-corrected chi connectivity index (χ3v) is 3.08. The molecule has 0 bridgehead atoms. The van der Waals surface area contributed by atoms with Gasteiger partial charge in [0.25, 0.3) is 0 Å². The van der Waals surface area contributed by atoms with Crippen LogP contribution in [0, 0.1) is 0 Å². The van der Waals surface area contributed by atoms with Crippen molar-refractivity contribution in [2.75, 3.05) is 32.8 Å². The smallest absolute Gasteiger partial charge is 0.103 e. The summed E-state index contributed by atoms with van der Waals surface area (Å²) in [6.07, 6.45) is -0.682. The summed E-state index contributed by atoms with van der Waals surface area (Å²) in [5.41, 5.74) is 7.01.